The van der Waals surface area contributed by atoms with Crippen LogP contribution in [0.3, 0.4) is 0 Å². The van der Waals surface area contributed by atoms with E-state index in [9.17, 15) is 13.2 Å². The van der Waals surface area contributed by atoms with Crippen LogP contribution in [-0.4, -0.2) is 18.3 Å². The van der Waals surface area contributed by atoms with Gasteiger partial charge in [-0.15, -0.1) is 0 Å². The van der Waals surface area contributed by atoms with E-state index in [1.54, 1.807) is 0 Å². The summed E-state index contributed by atoms with van der Waals surface area (Å²) < 4.78 is 33.4. The summed E-state index contributed by atoms with van der Waals surface area (Å²) in [5.41, 5.74) is 0. The van der Waals surface area contributed by atoms with Crippen LogP contribution in [0.15, 0.2) is 0 Å². The summed E-state index contributed by atoms with van der Waals surface area (Å²) in [5.74, 6) is -0.405. The Morgan fingerprint density at radius 3 is 1.71 bits per heavy atom. The molecule has 0 aliphatic rings. The fraction of sp³-hybridized carbons (Fsp3) is 1.00. The van der Waals surface area contributed by atoms with Gasteiger partial charge in [-0.05, 0) is 0 Å². The summed E-state index contributed by atoms with van der Waals surface area (Å²) in [6.07, 6.45) is -4.94. The van der Waals surface area contributed by atoms with E-state index >= 15 is 0 Å². The third-order valence-corrected chi connectivity index (χ3v) is 0.797. The Morgan fingerprint density at radius 1 is 1.29 bits per heavy atom. The predicted octanol–water partition coefficient (Wildman–Crippen LogP) is 1.52. The third kappa shape index (κ3) is 2.79. The molecular weight excluding hydrogens is 125 g/mol. The lowest BCUT2D eigenvalue weighted by molar-refractivity contribution is 0.0630. The Hall–Kier alpha value is 0.140. The second kappa shape index (κ2) is 3.18. The number of rotatable bonds is 2. The minimum Gasteiger partial charge on any atom is -0.240 e. The lowest BCUT2D eigenvalue weighted by Gasteiger charge is -1.98. The molecule has 0 rings (SSSR count). The van der Waals surface area contributed by atoms with Gasteiger partial charge in [0.25, 0.3) is 6.43 Å². The van der Waals surface area contributed by atoms with Gasteiger partial charge in [0.15, 0.2) is 6.17 Å². The van der Waals surface area contributed by atoms with Crippen LogP contribution < -0.4 is 0 Å². The molecule has 0 heterocycles. The Bertz CT molecular complexity index is 47.4. The van der Waals surface area contributed by atoms with Crippen molar-refractivity contribution in [3.8, 4) is 0 Å². The van der Waals surface area contributed by atoms with Crippen molar-refractivity contribution >= 4 is 12.6 Å². The van der Waals surface area contributed by atoms with Crippen molar-refractivity contribution < 1.29 is 13.2 Å². The van der Waals surface area contributed by atoms with Crippen molar-refractivity contribution in [3.63, 3.8) is 0 Å². The van der Waals surface area contributed by atoms with Crippen LogP contribution in [0.2, 0.25) is 0 Å². The van der Waals surface area contributed by atoms with Crippen LogP contribution in [0.25, 0.3) is 0 Å². The lowest BCUT2D eigenvalue weighted by Crippen LogP contribution is -2.12. The standard InChI is InChI=1S/C3H5F3S/c4-2(1-7)3(5)6/h2-3,7H,1H2. The summed E-state index contributed by atoms with van der Waals surface area (Å²) in [4.78, 5) is 0. The highest BCUT2D eigenvalue weighted by Crippen LogP contribution is 2.05. The Labute approximate surface area is 45.1 Å². The lowest BCUT2D eigenvalue weighted by atomic mass is 10.5. The van der Waals surface area contributed by atoms with Gasteiger partial charge in [-0.1, -0.05) is 0 Å². The summed E-state index contributed by atoms with van der Waals surface area (Å²) in [5, 5.41) is 0. The van der Waals surface area contributed by atoms with Crippen molar-refractivity contribution in [1.29, 1.82) is 0 Å². The molecule has 0 saturated carbocycles. The molecule has 0 saturated heterocycles. The van der Waals surface area contributed by atoms with Gasteiger partial charge in [0.2, 0.25) is 0 Å². The first-order chi connectivity index (χ1) is 3.18. The molecule has 44 valence electrons. The predicted molar refractivity (Wildman–Crippen MR) is 24.8 cm³/mol. The number of hydrogen-bond acceptors (Lipinski definition) is 1. The molecule has 7 heavy (non-hydrogen) atoms. The quantitative estimate of drug-likeness (QED) is 0.538. The topological polar surface area (TPSA) is 0 Å². The van der Waals surface area contributed by atoms with Crippen LogP contribution in [-0.2, 0) is 0 Å². The average molecular weight is 130 g/mol. The summed E-state index contributed by atoms with van der Waals surface area (Å²) in [6, 6.07) is 0. The molecule has 0 bridgehead atoms. The number of thiol groups is 1. The first-order valence-electron chi connectivity index (χ1n) is 1.71. The van der Waals surface area contributed by atoms with Crippen molar-refractivity contribution in [1.82, 2.24) is 0 Å². The number of alkyl halides is 3. The van der Waals surface area contributed by atoms with Gasteiger partial charge in [-0.3, -0.25) is 0 Å². The first-order valence-corrected chi connectivity index (χ1v) is 2.34. The van der Waals surface area contributed by atoms with Gasteiger partial charge in [0.05, 0.1) is 0 Å². The average Bonchev–Trinajstić information content (AvgIpc) is 1.65. The molecule has 0 amide bonds. The van der Waals surface area contributed by atoms with E-state index in [4.69, 9.17) is 0 Å². The highest BCUT2D eigenvalue weighted by atomic mass is 32.1. The minimum absolute atomic E-state index is 0.405. The van der Waals surface area contributed by atoms with Gasteiger partial charge >= 0.3 is 0 Å². The van der Waals surface area contributed by atoms with Crippen molar-refractivity contribution in [2.75, 3.05) is 5.75 Å². The number of halogens is 3. The molecule has 0 aromatic rings. The highest BCUT2D eigenvalue weighted by Gasteiger charge is 2.15. The second-order valence-corrected chi connectivity index (χ2v) is 1.40. The molecule has 4 heteroatoms. The zero-order chi connectivity index (χ0) is 5.86. The smallest absolute Gasteiger partial charge is 0.240 e. The fourth-order valence-electron chi connectivity index (χ4n) is 0.0797. The first kappa shape index (κ1) is 7.14. The molecule has 0 aliphatic carbocycles. The van der Waals surface area contributed by atoms with E-state index in [2.05, 4.69) is 12.6 Å². The van der Waals surface area contributed by atoms with E-state index in [1.165, 1.54) is 0 Å². The van der Waals surface area contributed by atoms with Gasteiger partial charge in [-0.2, -0.15) is 12.6 Å². The van der Waals surface area contributed by atoms with E-state index in [-0.39, 0.29) is 0 Å². The third-order valence-electron chi connectivity index (χ3n) is 0.448. The summed E-state index contributed by atoms with van der Waals surface area (Å²) in [7, 11) is 0. The molecule has 0 spiro atoms. The maximum absolute atomic E-state index is 11.4. The molecule has 0 radical (unpaired) electrons. The molecule has 1 atom stereocenters. The van der Waals surface area contributed by atoms with Crippen molar-refractivity contribution in [3.05, 3.63) is 0 Å². The SMILES string of the molecule is FC(F)C(F)CS. The molecule has 0 fully saturated rings. The fourth-order valence-corrected chi connectivity index (χ4v) is 0.239. The zero-order valence-electron chi connectivity index (χ0n) is 3.44. The Morgan fingerprint density at radius 2 is 1.71 bits per heavy atom. The summed E-state index contributed by atoms with van der Waals surface area (Å²) >= 11 is 3.30. The van der Waals surface area contributed by atoms with Gasteiger partial charge in [0, 0.05) is 5.75 Å². The van der Waals surface area contributed by atoms with Gasteiger partial charge in [0.1, 0.15) is 0 Å². The van der Waals surface area contributed by atoms with Crippen LogP contribution in [0, 0.1) is 0 Å². The van der Waals surface area contributed by atoms with Crippen LogP contribution in [0.1, 0.15) is 0 Å². The molecule has 1 unspecified atom stereocenters. The van der Waals surface area contributed by atoms with Crippen molar-refractivity contribution in [2.24, 2.45) is 0 Å². The van der Waals surface area contributed by atoms with Gasteiger partial charge < -0.3 is 0 Å². The van der Waals surface area contributed by atoms with Crippen LogP contribution >= 0.6 is 12.6 Å². The molecule has 0 aliphatic heterocycles. The highest BCUT2D eigenvalue weighted by molar-refractivity contribution is 7.80. The molecule has 0 aromatic carbocycles. The molecule has 0 N–H and O–H groups in total. The summed E-state index contributed by atoms with van der Waals surface area (Å²) in [6.45, 7) is 0. The Balaban J connectivity index is 3.14. The number of hydrogen-bond donors (Lipinski definition) is 1. The van der Waals surface area contributed by atoms with E-state index < -0.39 is 18.3 Å². The van der Waals surface area contributed by atoms with Crippen LogP contribution in [0.5, 0.6) is 0 Å². The van der Waals surface area contributed by atoms with Crippen molar-refractivity contribution in [2.45, 2.75) is 12.6 Å². The monoisotopic (exact) mass is 130 g/mol. The van der Waals surface area contributed by atoms with Gasteiger partial charge in [-0.25, -0.2) is 13.2 Å². The van der Waals surface area contributed by atoms with E-state index in [0.29, 0.717) is 0 Å². The maximum Gasteiger partial charge on any atom is 0.270 e. The normalized spacial score (nSPS) is 15.0. The zero-order valence-corrected chi connectivity index (χ0v) is 4.34. The van der Waals surface area contributed by atoms with E-state index in [1.807, 2.05) is 0 Å². The Kier molecular flexibility index (Phi) is 3.25. The van der Waals surface area contributed by atoms with Crippen LogP contribution in [0.4, 0.5) is 13.2 Å². The minimum atomic E-state index is -2.88. The van der Waals surface area contributed by atoms with E-state index in [0.717, 1.165) is 0 Å². The molecule has 0 aromatic heterocycles. The maximum atomic E-state index is 11.4. The molecule has 0 nitrogen and oxygen atoms in total. The molecular formula is C3H5F3S. The largest absolute Gasteiger partial charge is 0.270 e. The second-order valence-electron chi connectivity index (χ2n) is 1.03.